The molecule has 34 heavy (non-hydrogen) atoms. The maximum Gasteiger partial charge on any atom is 0.125 e. The average molecular weight is 464 g/mol. The molecule has 0 fully saturated rings. The first-order valence-corrected chi connectivity index (χ1v) is 12.9. The molecule has 0 saturated carbocycles. The SMILES string of the molecule is C=C(C)/C(=C\C(=C/CCC)c1cccc(CCC)c1)C/C(=C\NC)C/C=C\C(=C/C)C(F)CC. The predicted molar refractivity (Wildman–Crippen MR) is 151 cm³/mol. The zero-order chi connectivity index (χ0) is 25.3. The van der Waals surface area contributed by atoms with Crippen molar-refractivity contribution in [2.75, 3.05) is 7.05 Å². The van der Waals surface area contributed by atoms with E-state index in [-0.39, 0.29) is 0 Å². The lowest BCUT2D eigenvalue weighted by atomic mass is 9.92. The molecule has 1 atom stereocenters. The van der Waals surface area contributed by atoms with E-state index in [1.54, 1.807) is 0 Å². The molecule has 0 saturated heterocycles. The van der Waals surface area contributed by atoms with E-state index in [9.17, 15) is 4.39 Å². The molecule has 1 aromatic carbocycles. The Hall–Kier alpha value is -2.61. The summed E-state index contributed by atoms with van der Waals surface area (Å²) >= 11 is 0. The maximum atomic E-state index is 14.1. The predicted octanol–water partition coefficient (Wildman–Crippen LogP) is 9.46. The quantitative estimate of drug-likeness (QED) is 0.255. The molecule has 0 spiro atoms. The van der Waals surface area contributed by atoms with Gasteiger partial charge in [-0.1, -0.05) is 100 Å². The van der Waals surface area contributed by atoms with Gasteiger partial charge in [-0.2, -0.15) is 0 Å². The highest BCUT2D eigenvalue weighted by Crippen LogP contribution is 2.27. The number of halogens is 1. The van der Waals surface area contributed by atoms with E-state index in [0.717, 1.165) is 49.7 Å². The van der Waals surface area contributed by atoms with Crippen molar-refractivity contribution in [1.82, 2.24) is 5.32 Å². The third-order valence-corrected chi connectivity index (χ3v) is 5.84. The number of unbranched alkanes of at least 4 members (excludes halogenated alkanes) is 1. The van der Waals surface area contributed by atoms with Gasteiger partial charge in [0.05, 0.1) is 0 Å². The van der Waals surface area contributed by atoms with Crippen LogP contribution in [0.4, 0.5) is 4.39 Å². The van der Waals surface area contributed by atoms with Crippen molar-refractivity contribution in [1.29, 1.82) is 0 Å². The van der Waals surface area contributed by atoms with Crippen molar-refractivity contribution >= 4 is 5.57 Å². The smallest absolute Gasteiger partial charge is 0.125 e. The van der Waals surface area contributed by atoms with E-state index in [1.807, 2.05) is 33.0 Å². The van der Waals surface area contributed by atoms with Crippen molar-refractivity contribution in [2.45, 2.75) is 85.7 Å². The van der Waals surface area contributed by atoms with E-state index in [4.69, 9.17) is 0 Å². The van der Waals surface area contributed by atoms with Crippen LogP contribution in [0.3, 0.4) is 0 Å². The summed E-state index contributed by atoms with van der Waals surface area (Å²) in [4.78, 5) is 0. The first-order valence-electron chi connectivity index (χ1n) is 12.9. The largest absolute Gasteiger partial charge is 0.394 e. The summed E-state index contributed by atoms with van der Waals surface area (Å²) in [6.07, 6.45) is 18.1. The highest BCUT2D eigenvalue weighted by Gasteiger charge is 2.09. The highest BCUT2D eigenvalue weighted by atomic mass is 19.1. The third-order valence-electron chi connectivity index (χ3n) is 5.84. The summed E-state index contributed by atoms with van der Waals surface area (Å²) in [5.41, 5.74) is 8.19. The Labute approximate surface area is 208 Å². The molecular formula is C32H46FN. The molecule has 0 aliphatic heterocycles. The second-order valence-corrected chi connectivity index (χ2v) is 8.89. The number of benzene rings is 1. The van der Waals surface area contributed by atoms with E-state index in [2.05, 4.69) is 81.4 Å². The molecule has 1 rings (SSSR count). The van der Waals surface area contributed by atoms with E-state index in [1.165, 1.54) is 27.8 Å². The lowest BCUT2D eigenvalue weighted by Crippen LogP contribution is -2.01. The first kappa shape index (κ1) is 29.4. The van der Waals surface area contributed by atoms with Crippen LogP contribution in [-0.2, 0) is 6.42 Å². The zero-order valence-corrected chi connectivity index (χ0v) is 22.4. The lowest BCUT2D eigenvalue weighted by Gasteiger charge is -2.13. The second kappa shape index (κ2) is 16.9. The molecule has 1 nitrogen and oxygen atoms in total. The van der Waals surface area contributed by atoms with Crippen molar-refractivity contribution in [3.63, 3.8) is 0 Å². The Morgan fingerprint density at radius 2 is 1.94 bits per heavy atom. The molecule has 0 aromatic heterocycles. The van der Waals surface area contributed by atoms with Crippen LogP contribution in [0.25, 0.3) is 5.57 Å². The van der Waals surface area contributed by atoms with Gasteiger partial charge in [0.15, 0.2) is 0 Å². The number of hydrogen-bond acceptors (Lipinski definition) is 1. The fraction of sp³-hybridized carbons (Fsp3) is 0.438. The van der Waals surface area contributed by atoms with Crippen LogP contribution in [-0.4, -0.2) is 13.2 Å². The van der Waals surface area contributed by atoms with Gasteiger partial charge in [-0.05, 0) is 85.6 Å². The number of aryl methyl sites for hydroxylation is 1. The van der Waals surface area contributed by atoms with Crippen molar-refractivity contribution < 1.29 is 4.39 Å². The molecule has 0 radical (unpaired) electrons. The fourth-order valence-electron chi connectivity index (χ4n) is 3.86. The number of hydrogen-bond donors (Lipinski definition) is 1. The van der Waals surface area contributed by atoms with Crippen LogP contribution >= 0.6 is 0 Å². The Morgan fingerprint density at radius 3 is 2.53 bits per heavy atom. The number of alkyl halides is 1. The molecule has 0 amide bonds. The van der Waals surface area contributed by atoms with Gasteiger partial charge in [0.2, 0.25) is 0 Å². The van der Waals surface area contributed by atoms with Crippen molar-refractivity contribution in [3.05, 3.63) is 101 Å². The topological polar surface area (TPSA) is 12.0 Å². The van der Waals surface area contributed by atoms with Crippen LogP contribution in [0.1, 0.15) is 84.3 Å². The van der Waals surface area contributed by atoms with Gasteiger partial charge in [-0.15, -0.1) is 0 Å². The molecule has 0 aliphatic carbocycles. The summed E-state index contributed by atoms with van der Waals surface area (Å²) in [5, 5.41) is 3.18. The third kappa shape index (κ3) is 10.5. The van der Waals surface area contributed by atoms with Gasteiger partial charge < -0.3 is 5.32 Å². The minimum atomic E-state index is -0.904. The summed E-state index contributed by atoms with van der Waals surface area (Å²) in [5.74, 6) is 0. The van der Waals surface area contributed by atoms with E-state index < -0.39 is 6.17 Å². The number of allylic oxidation sites excluding steroid dienone is 10. The molecule has 0 aliphatic rings. The molecule has 1 aromatic rings. The number of rotatable bonds is 15. The Kier molecular flexibility index (Phi) is 14.6. The maximum absolute atomic E-state index is 14.1. The van der Waals surface area contributed by atoms with Crippen molar-refractivity contribution in [3.8, 4) is 0 Å². The zero-order valence-electron chi connectivity index (χ0n) is 22.4. The first-order chi connectivity index (χ1) is 16.4. The Bertz CT molecular complexity index is 911. The van der Waals surface area contributed by atoms with Gasteiger partial charge in [-0.3, -0.25) is 0 Å². The van der Waals surface area contributed by atoms with Gasteiger partial charge in [-0.25, -0.2) is 4.39 Å². The molecule has 2 heteroatoms. The average Bonchev–Trinajstić information content (AvgIpc) is 2.83. The minimum absolute atomic E-state index is 0.498. The lowest BCUT2D eigenvalue weighted by molar-refractivity contribution is 0.377. The van der Waals surface area contributed by atoms with Crippen LogP contribution in [0.15, 0.2) is 89.7 Å². The molecule has 186 valence electrons. The standard InChI is InChI=1S/C32H46FN/c1-8-12-18-30(29-20-13-16-26(21-29)15-9-2)23-31(25(5)6)22-27(24-34-7)17-14-19-28(10-3)32(33)11-4/h10,13-14,16,18-21,23-24,32,34H,5,8-9,11-12,15,17,22H2,1-4,6-7H3/b19-14-,27-24-,28-10+,30-18+,31-23-. The summed E-state index contributed by atoms with van der Waals surface area (Å²) in [6, 6.07) is 8.91. The van der Waals surface area contributed by atoms with Crippen LogP contribution in [0.5, 0.6) is 0 Å². The highest BCUT2D eigenvalue weighted by molar-refractivity contribution is 5.76. The molecular weight excluding hydrogens is 417 g/mol. The van der Waals surface area contributed by atoms with Gasteiger partial charge in [0, 0.05) is 7.05 Å². The van der Waals surface area contributed by atoms with Crippen LogP contribution in [0.2, 0.25) is 0 Å². The molecule has 0 heterocycles. The molecule has 0 bridgehead atoms. The van der Waals surface area contributed by atoms with Crippen molar-refractivity contribution in [2.24, 2.45) is 0 Å². The number of nitrogens with one attached hydrogen (secondary N) is 1. The Morgan fingerprint density at radius 1 is 1.18 bits per heavy atom. The van der Waals surface area contributed by atoms with Gasteiger partial charge >= 0.3 is 0 Å². The van der Waals surface area contributed by atoms with Crippen LogP contribution < -0.4 is 5.32 Å². The van der Waals surface area contributed by atoms with Gasteiger partial charge in [0.25, 0.3) is 0 Å². The molecule has 1 N–H and O–H groups in total. The normalized spacial score (nSPS) is 14.6. The van der Waals surface area contributed by atoms with E-state index in [0.29, 0.717) is 6.42 Å². The Balaban J connectivity index is 3.24. The summed E-state index contributed by atoms with van der Waals surface area (Å²) < 4.78 is 14.1. The summed E-state index contributed by atoms with van der Waals surface area (Å²) in [6.45, 7) is 14.6. The van der Waals surface area contributed by atoms with Crippen LogP contribution in [0, 0.1) is 0 Å². The fourth-order valence-corrected chi connectivity index (χ4v) is 3.86. The monoisotopic (exact) mass is 463 g/mol. The molecule has 1 unspecified atom stereocenters. The second-order valence-electron chi connectivity index (χ2n) is 8.89. The summed E-state index contributed by atoms with van der Waals surface area (Å²) in [7, 11) is 1.92. The minimum Gasteiger partial charge on any atom is -0.394 e. The van der Waals surface area contributed by atoms with E-state index >= 15 is 0 Å². The van der Waals surface area contributed by atoms with Gasteiger partial charge in [0.1, 0.15) is 6.17 Å².